The molecule has 0 unspecified atom stereocenters. The fourth-order valence-corrected chi connectivity index (χ4v) is 2.92. The van der Waals surface area contributed by atoms with Crippen LogP contribution in [0.15, 0.2) is 20.0 Å². The van der Waals surface area contributed by atoms with Crippen molar-refractivity contribution < 1.29 is 17.6 Å². The van der Waals surface area contributed by atoms with Crippen LogP contribution in [0.2, 0.25) is 0 Å². The van der Waals surface area contributed by atoms with Gasteiger partial charge in [0.05, 0.1) is 0 Å². The quantitative estimate of drug-likeness (QED) is 0.845. The number of furan rings is 1. The molecule has 0 aliphatic heterocycles. The highest BCUT2D eigenvalue weighted by molar-refractivity contribution is 9.10. The normalized spacial score (nSPS) is 12.5. The molecule has 1 aromatic rings. The van der Waals surface area contributed by atoms with Crippen molar-refractivity contribution in [1.82, 2.24) is 5.32 Å². The summed E-state index contributed by atoms with van der Waals surface area (Å²) < 4.78 is 27.5. The van der Waals surface area contributed by atoms with E-state index in [0.717, 1.165) is 18.9 Å². The SMILES string of the molecule is CCC(C)(CC)NC(=O)c1cc(S(N)(=O)=O)c(Br)o1. The first-order valence-electron chi connectivity index (χ1n) is 5.77. The molecule has 1 amide bonds. The Morgan fingerprint density at radius 3 is 2.37 bits per heavy atom. The number of hydrogen-bond donors (Lipinski definition) is 2. The summed E-state index contributed by atoms with van der Waals surface area (Å²) in [6.45, 7) is 5.82. The van der Waals surface area contributed by atoms with Crippen molar-refractivity contribution in [3.05, 3.63) is 16.5 Å². The highest BCUT2D eigenvalue weighted by Gasteiger charge is 2.27. The molecule has 0 radical (unpaired) electrons. The predicted octanol–water partition coefficient (Wildman–Crippen LogP) is 2.00. The smallest absolute Gasteiger partial charge is 0.287 e. The molecule has 1 heterocycles. The zero-order valence-corrected chi connectivity index (χ0v) is 13.4. The molecule has 0 aromatic carbocycles. The van der Waals surface area contributed by atoms with Crippen LogP contribution in [0.5, 0.6) is 0 Å². The molecule has 0 fully saturated rings. The number of rotatable bonds is 5. The minimum absolute atomic E-state index is 0.0742. The molecule has 0 aliphatic carbocycles. The van der Waals surface area contributed by atoms with Crippen LogP contribution in [0.3, 0.4) is 0 Å². The van der Waals surface area contributed by atoms with E-state index in [0.29, 0.717) is 0 Å². The van der Waals surface area contributed by atoms with E-state index in [4.69, 9.17) is 9.56 Å². The monoisotopic (exact) mass is 352 g/mol. The Labute approximate surface area is 120 Å². The molecule has 0 bridgehead atoms. The lowest BCUT2D eigenvalue weighted by Gasteiger charge is -2.27. The van der Waals surface area contributed by atoms with E-state index < -0.39 is 15.9 Å². The lowest BCUT2D eigenvalue weighted by molar-refractivity contribution is 0.0871. The van der Waals surface area contributed by atoms with Gasteiger partial charge in [-0.05, 0) is 35.7 Å². The van der Waals surface area contributed by atoms with Crippen LogP contribution in [0.1, 0.15) is 44.2 Å². The van der Waals surface area contributed by atoms with Crippen molar-refractivity contribution >= 4 is 31.9 Å². The number of hydrogen-bond acceptors (Lipinski definition) is 4. The second kappa shape index (κ2) is 5.64. The van der Waals surface area contributed by atoms with E-state index in [1.54, 1.807) is 0 Å². The van der Waals surface area contributed by atoms with Gasteiger partial charge >= 0.3 is 0 Å². The summed E-state index contributed by atoms with van der Waals surface area (Å²) in [5, 5.41) is 7.81. The van der Waals surface area contributed by atoms with Crippen LogP contribution < -0.4 is 10.5 Å². The Bertz CT molecular complexity index is 576. The van der Waals surface area contributed by atoms with Crippen molar-refractivity contribution in [3.8, 4) is 0 Å². The van der Waals surface area contributed by atoms with Crippen molar-refractivity contribution in [2.75, 3.05) is 0 Å². The Balaban J connectivity index is 3.03. The average Bonchev–Trinajstić information content (AvgIpc) is 2.71. The van der Waals surface area contributed by atoms with Gasteiger partial charge in [-0.3, -0.25) is 4.79 Å². The largest absolute Gasteiger partial charge is 0.443 e. The van der Waals surface area contributed by atoms with Crippen LogP contribution in [0.4, 0.5) is 0 Å². The van der Waals surface area contributed by atoms with Gasteiger partial charge in [0.1, 0.15) is 4.90 Å². The van der Waals surface area contributed by atoms with Gasteiger partial charge in [-0.15, -0.1) is 0 Å². The summed E-state index contributed by atoms with van der Waals surface area (Å²) in [4.78, 5) is 11.8. The highest BCUT2D eigenvalue weighted by atomic mass is 79.9. The number of primary sulfonamides is 1. The molecule has 0 spiro atoms. The summed E-state index contributed by atoms with van der Waals surface area (Å²) in [5.41, 5.74) is -0.363. The van der Waals surface area contributed by atoms with Crippen LogP contribution >= 0.6 is 15.9 Å². The highest BCUT2D eigenvalue weighted by Crippen LogP contribution is 2.25. The third-order valence-electron chi connectivity index (χ3n) is 3.16. The van der Waals surface area contributed by atoms with Crippen molar-refractivity contribution in [1.29, 1.82) is 0 Å². The third-order valence-corrected chi connectivity index (χ3v) is 4.93. The predicted molar refractivity (Wildman–Crippen MR) is 74.2 cm³/mol. The number of nitrogens with one attached hydrogen (secondary N) is 1. The molecule has 8 heteroatoms. The van der Waals surface area contributed by atoms with Gasteiger partial charge in [-0.1, -0.05) is 13.8 Å². The molecule has 19 heavy (non-hydrogen) atoms. The maximum atomic E-state index is 12.0. The minimum atomic E-state index is -3.92. The number of halogens is 1. The molecule has 0 saturated heterocycles. The van der Waals surface area contributed by atoms with Gasteiger partial charge in [-0.25, -0.2) is 13.6 Å². The summed E-state index contributed by atoms with van der Waals surface area (Å²) in [5.74, 6) is -0.564. The Morgan fingerprint density at radius 1 is 1.47 bits per heavy atom. The summed E-state index contributed by atoms with van der Waals surface area (Å²) in [6.07, 6.45) is 1.50. The van der Waals surface area contributed by atoms with Crippen molar-refractivity contribution in [2.45, 2.75) is 44.0 Å². The van der Waals surface area contributed by atoms with Crippen LogP contribution in [0, 0.1) is 0 Å². The molecular weight excluding hydrogens is 336 g/mol. The fourth-order valence-electron chi connectivity index (χ4n) is 1.42. The number of sulfonamides is 1. The first-order chi connectivity index (χ1) is 8.63. The van der Waals surface area contributed by atoms with E-state index in [1.165, 1.54) is 0 Å². The Morgan fingerprint density at radius 2 is 2.00 bits per heavy atom. The van der Waals surface area contributed by atoms with Gasteiger partial charge in [-0.2, -0.15) is 0 Å². The van der Waals surface area contributed by atoms with E-state index in [1.807, 2.05) is 20.8 Å². The van der Waals surface area contributed by atoms with E-state index in [2.05, 4.69) is 21.2 Å². The van der Waals surface area contributed by atoms with Crippen LogP contribution in [-0.2, 0) is 10.0 Å². The maximum Gasteiger partial charge on any atom is 0.287 e. The number of carbonyl (C=O) groups is 1. The van der Waals surface area contributed by atoms with Gasteiger partial charge in [0.15, 0.2) is 10.4 Å². The second-order valence-corrected chi connectivity index (χ2v) is 6.77. The lowest BCUT2D eigenvalue weighted by atomic mass is 9.95. The first-order valence-corrected chi connectivity index (χ1v) is 8.11. The Hall–Kier alpha value is -0.860. The Kier molecular flexibility index (Phi) is 4.81. The van der Waals surface area contributed by atoms with Gasteiger partial charge in [0.2, 0.25) is 10.0 Å². The van der Waals surface area contributed by atoms with Gasteiger partial charge in [0.25, 0.3) is 5.91 Å². The van der Waals surface area contributed by atoms with E-state index in [9.17, 15) is 13.2 Å². The third kappa shape index (κ3) is 3.80. The molecule has 108 valence electrons. The zero-order valence-electron chi connectivity index (χ0n) is 11.0. The van der Waals surface area contributed by atoms with Gasteiger partial charge in [0, 0.05) is 11.6 Å². The average molecular weight is 353 g/mol. The number of nitrogens with two attached hydrogens (primary N) is 1. The topological polar surface area (TPSA) is 102 Å². The molecule has 0 atom stereocenters. The lowest BCUT2D eigenvalue weighted by Crippen LogP contribution is -2.44. The standard InChI is InChI=1S/C11H17BrN2O4S/c1-4-11(3,5-2)14-10(15)7-6-8(9(12)18-7)19(13,16)17/h6H,4-5H2,1-3H3,(H,14,15)(H2,13,16,17). The fraction of sp³-hybridized carbons (Fsp3) is 0.545. The van der Waals surface area contributed by atoms with E-state index in [-0.39, 0.29) is 20.9 Å². The molecule has 6 nitrogen and oxygen atoms in total. The molecule has 1 rings (SSSR count). The first kappa shape index (κ1) is 16.2. The number of amides is 1. The summed E-state index contributed by atoms with van der Waals surface area (Å²) in [7, 11) is -3.92. The molecule has 0 aliphatic rings. The van der Waals surface area contributed by atoms with Crippen LogP contribution in [0.25, 0.3) is 0 Å². The molecule has 3 N–H and O–H groups in total. The maximum absolute atomic E-state index is 12.0. The summed E-state index contributed by atoms with van der Waals surface area (Å²) in [6, 6.07) is 1.11. The van der Waals surface area contributed by atoms with Crippen molar-refractivity contribution in [2.24, 2.45) is 5.14 Å². The minimum Gasteiger partial charge on any atom is -0.443 e. The second-order valence-electron chi connectivity index (χ2n) is 4.52. The van der Waals surface area contributed by atoms with Crippen LogP contribution in [-0.4, -0.2) is 19.9 Å². The molecule has 0 saturated carbocycles. The number of carbonyl (C=O) groups excluding carboxylic acids is 1. The molecular formula is C11H17BrN2O4S. The van der Waals surface area contributed by atoms with E-state index >= 15 is 0 Å². The summed E-state index contributed by atoms with van der Waals surface area (Å²) >= 11 is 2.93. The van der Waals surface area contributed by atoms with Gasteiger partial charge < -0.3 is 9.73 Å². The molecule has 1 aromatic heterocycles. The van der Waals surface area contributed by atoms with Crippen molar-refractivity contribution in [3.63, 3.8) is 0 Å². The zero-order chi connectivity index (χ0) is 14.8.